The molecule has 2 atom stereocenters. The van der Waals surface area contributed by atoms with E-state index in [4.69, 9.17) is 0 Å². The lowest BCUT2D eigenvalue weighted by Gasteiger charge is -2.21. The van der Waals surface area contributed by atoms with Gasteiger partial charge in [0.25, 0.3) is 0 Å². The second-order valence-electron chi connectivity index (χ2n) is 4.00. The average molecular weight is 253 g/mol. The van der Waals surface area contributed by atoms with E-state index in [1.165, 1.54) is 0 Å². The van der Waals surface area contributed by atoms with Crippen LogP contribution in [0.1, 0.15) is 26.2 Å². The van der Waals surface area contributed by atoms with Crippen LogP contribution in [0, 0.1) is 11.3 Å². The van der Waals surface area contributed by atoms with Gasteiger partial charge in [-0.2, -0.15) is 5.26 Å². The van der Waals surface area contributed by atoms with Crippen molar-refractivity contribution in [2.24, 2.45) is 0 Å². The molecule has 2 rings (SSSR count). The Kier molecular flexibility index (Phi) is 3.85. The lowest BCUT2D eigenvalue weighted by Crippen LogP contribution is -2.41. The first-order chi connectivity index (χ1) is 7.78. The van der Waals surface area contributed by atoms with Crippen molar-refractivity contribution < 1.29 is 0 Å². The first-order valence-corrected chi connectivity index (χ1v) is 7.26. The summed E-state index contributed by atoms with van der Waals surface area (Å²) in [4.78, 5) is 4.28. The molecule has 1 saturated carbocycles. The lowest BCUT2D eigenvalue weighted by atomic mass is 10.0. The fourth-order valence-corrected chi connectivity index (χ4v) is 4.32. The normalized spacial score (nSPS) is 29.1. The number of thioether (sulfide) groups is 1. The molecule has 1 aliphatic rings. The van der Waals surface area contributed by atoms with E-state index in [0.717, 1.165) is 30.1 Å². The minimum atomic E-state index is -0.288. The molecule has 0 aromatic carbocycles. The summed E-state index contributed by atoms with van der Waals surface area (Å²) in [6.07, 6.45) is 4.83. The fraction of sp³-hybridized carbons (Fsp3) is 0.636. The SMILES string of the molecule is CCNC1(C#N)CCC(Sc2nccs2)C1. The van der Waals surface area contributed by atoms with Crippen molar-refractivity contribution in [1.29, 1.82) is 5.26 Å². The molecule has 1 aromatic heterocycles. The summed E-state index contributed by atoms with van der Waals surface area (Å²) in [6.45, 7) is 2.92. The number of aromatic nitrogens is 1. The van der Waals surface area contributed by atoms with Gasteiger partial charge < -0.3 is 0 Å². The summed E-state index contributed by atoms with van der Waals surface area (Å²) in [5.41, 5.74) is -0.288. The minimum Gasteiger partial charge on any atom is -0.300 e. The molecule has 0 radical (unpaired) electrons. The molecule has 86 valence electrons. The molecular weight excluding hydrogens is 238 g/mol. The summed E-state index contributed by atoms with van der Waals surface area (Å²) >= 11 is 3.50. The first kappa shape index (κ1) is 11.9. The van der Waals surface area contributed by atoms with E-state index >= 15 is 0 Å². The Bertz CT molecular complexity index is 371. The smallest absolute Gasteiger partial charge is 0.150 e. The maximum Gasteiger partial charge on any atom is 0.150 e. The van der Waals surface area contributed by atoms with Gasteiger partial charge in [-0.25, -0.2) is 4.98 Å². The van der Waals surface area contributed by atoms with E-state index in [0.29, 0.717) is 5.25 Å². The third kappa shape index (κ3) is 2.57. The van der Waals surface area contributed by atoms with Crippen molar-refractivity contribution in [2.75, 3.05) is 6.54 Å². The van der Waals surface area contributed by atoms with Crippen molar-refractivity contribution in [3.05, 3.63) is 11.6 Å². The van der Waals surface area contributed by atoms with Crippen LogP contribution in [0.15, 0.2) is 15.9 Å². The van der Waals surface area contributed by atoms with Crippen molar-refractivity contribution >= 4 is 23.1 Å². The zero-order valence-corrected chi connectivity index (χ0v) is 10.9. The van der Waals surface area contributed by atoms with Gasteiger partial charge in [-0.05, 0) is 25.8 Å². The van der Waals surface area contributed by atoms with E-state index in [-0.39, 0.29) is 5.54 Å². The van der Waals surface area contributed by atoms with Gasteiger partial charge in [0.1, 0.15) is 9.88 Å². The average Bonchev–Trinajstić information content (AvgIpc) is 2.90. The van der Waals surface area contributed by atoms with E-state index < -0.39 is 0 Å². The molecule has 0 amide bonds. The molecule has 1 aromatic rings. The van der Waals surface area contributed by atoms with E-state index in [1.54, 1.807) is 11.3 Å². The second kappa shape index (κ2) is 5.17. The highest BCUT2D eigenvalue weighted by Gasteiger charge is 2.39. The van der Waals surface area contributed by atoms with Gasteiger partial charge in [0.2, 0.25) is 0 Å². The second-order valence-corrected chi connectivity index (χ2v) is 6.45. The van der Waals surface area contributed by atoms with E-state index in [1.807, 2.05) is 23.3 Å². The van der Waals surface area contributed by atoms with Crippen LogP contribution in [-0.4, -0.2) is 22.3 Å². The zero-order chi connectivity index (χ0) is 11.4. The molecule has 0 bridgehead atoms. The van der Waals surface area contributed by atoms with Crippen LogP contribution in [0.25, 0.3) is 0 Å². The maximum atomic E-state index is 9.26. The predicted octanol–water partition coefficient (Wildman–Crippen LogP) is 2.66. The van der Waals surface area contributed by atoms with Gasteiger partial charge in [-0.3, -0.25) is 5.32 Å². The number of rotatable bonds is 4. The minimum absolute atomic E-state index is 0.288. The van der Waals surface area contributed by atoms with Crippen LogP contribution in [0.4, 0.5) is 0 Å². The van der Waals surface area contributed by atoms with Gasteiger partial charge in [0.05, 0.1) is 6.07 Å². The summed E-state index contributed by atoms with van der Waals surface area (Å²) in [5.74, 6) is 0. The third-order valence-electron chi connectivity index (χ3n) is 2.88. The fourth-order valence-electron chi connectivity index (χ4n) is 2.15. The van der Waals surface area contributed by atoms with Crippen LogP contribution in [-0.2, 0) is 0 Å². The Morgan fingerprint density at radius 3 is 3.31 bits per heavy atom. The predicted molar refractivity (Wildman–Crippen MR) is 67.6 cm³/mol. The molecule has 0 aliphatic heterocycles. The Hall–Kier alpha value is -0.570. The monoisotopic (exact) mass is 253 g/mol. The van der Waals surface area contributed by atoms with Gasteiger partial charge >= 0.3 is 0 Å². The Balaban J connectivity index is 1.95. The Labute approximate surface area is 104 Å². The molecule has 1 N–H and O–H groups in total. The van der Waals surface area contributed by atoms with Gasteiger partial charge in [-0.15, -0.1) is 11.3 Å². The van der Waals surface area contributed by atoms with Gasteiger partial charge in [-0.1, -0.05) is 18.7 Å². The molecule has 1 fully saturated rings. The number of hydrogen-bond donors (Lipinski definition) is 1. The number of nitrogens with zero attached hydrogens (tertiary/aromatic N) is 2. The van der Waals surface area contributed by atoms with Crippen LogP contribution in [0.3, 0.4) is 0 Å². The molecule has 1 aliphatic carbocycles. The van der Waals surface area contributed by atoms with Crippen LogP contribution in [0.5, 0.6) is 0 Å². The molecule has 0 spiro atoms. The van der Waals surface area contributed by atoms with Crippen molar-refractivity contribution in [3.8, 4) is 6.07 Å². The highest BCUT2D eigenvalue weighted by molar-refractivity contribution is 8.01. The standard InChI is InChI=1S/C11H15N3S2/c1-2-14-11(8-12)4-3-9(7-11)16-10-13-5-6-15-10/h5-6,9,14H,2-4,7H2,1H3. The highest BCUT2D eigenvalue weighted by Crippen LogP contribution is 2.40. The molecule has 16 heavy (non-hydrogen) atoms. The topological polar surface area (TPSA) is 48.7 Å². The largest absolute Gasteiger partial charge is 0.300 e. The summed E-state index contributed by atoms with van der Waals surface area (Å²) in [7, 11) is 0. The highest BCUT2D eigenvalue weighted by atomic mass is 32.2. The molecule has 1 heterocycles. The van der Waals surface area contributed by atoms with Gasteiger partial charge in [0.15, 0.2) is 0 Å². The van der Waals surface area contributed by atoms with Crippen LogP contribution >= 0.6 is 23.1 Å². The first-order valence-electron chi connectivity index (χ1n) is 5.50. The van der Waals surface area contributed by atoms with Crippen molar-refractivity contribution in [2.45, 2.75) is 41.3 Å². The quantitative estimate of drug-likeness (QED) is 0.896. The number of hydrogen-bond acceptors (Lipinski definition) is 5. The maximum absolute atomic E-state index is 9.26. The Morgan fingerprint density at radius 1 is 1.81 bits per heavy atom. The van der Waals surface area contributed by atoms with E-state index in [2.05, 4.69) is 23.3 Å². The summed E-state index contributed by atoms with van der Waals surface area (Å²) in [6, 6.07) is 2.45. The number of nitriles is 1. The number of thiazole rings is 1. The summed E-state index contributed by atoms with van der Waals surface area (Å²) < 4.78 is 1.12. The molecule has 0 saturated heterocycles. The summed E-state index contributed by atoms with van der Waals surface area (Å²) in [5, 5.41) is 15.1. The number of nitrogens with one attached hydrogen (secondary N) is 1. The van der Waals surface area contributed by atoms with Crippen LogP contribution < -0.4 is 5.32 Å². The molecular formula is C11H15N3S2. The molecule has 5 heteroatoms. The third-order valence-corrected chi connectivity index (χ3v) is 5.06. The van der Waals surface area contributed by atoms with Crippen molar-refractivity contribution in [3.63, 3.8) is 0 Å². The van der Waals surface area contributed by atoms with Crippen LogP contribution in [0.2, 0.25) is 0 Å². The molecule has 2 unspecified atom stereocenters. The molecule has 3 nitrogen and oxygen atoms in total. The zero-order valence-electron chi connectivity index (χ0n) is 9.27. The Morgan fingerprint density at radius 2 is 2.69 bits per heavy atom. The lowest BCUT2D eigenvalue weighted by molar-refractivity contribution is 0.436. The van der Waals surface area contributed by atoms with Crippen molar-refractivity contribution in [1.82, 2.24) is 10.3 Å². The van der Waals surface area contributed by atoms with E-state index in [9.17, 15) is 5.26 Å². The van der Waals surface area contributed by atoms with Gasteiger partial charge in [0, 0.05) is 16.8 Å².